The Balaban J connectivity index is 1.46. The Morgan fingerprint density at radius 1 is 1.23 bits per heavy atom. The van der Waals surface area contributed by atoms with Crippen molar-refractivity contribution in [3.63, 3.8) is 0 Å². The summed E-state index contributed by atoms with van der Waals surface area (Å²) in [5.74, 6) is 1.10. The molecule has 1 aliphatic rings. The van der Waals surface area contributed by atoms with E-state index in [9.17, 15) is 4.79 Å². The van der Waals surface area contributed by atoms with Gasteiger partial charge in [-0.2, -0.15) is 0 Å². The van der Waals surface area contributed by atoms with Gasteiger partial charge in [0.05, 0.1) is 5.69 Å². The van der Waals surface area contributed by atoms with Gasteiger partial charge >= 0.3 is 0 Å². The van der Waals surface area contributed by atoms with E-state index in [-0.39, 0.29) is 5.56 Å². The van der Waals surface area contributed by atoms with Crippen LogP contribution in [0.15, 0.2) is 41.3 Å². The van der Waals surface area contributed by atoms with Crippen LogP contribution in [0, 0.1) is 6.92 Å². The predicted molar refractivity (Wildman–Crippen MR) is 104 cm³/mol. The average Bonchev–Trinajstić information content (AvgIpc) is 3.06. The zero-order valence-electron chi connectivity index (χ0n) is 15.5. The number of piperidine rings is 1. The third-order valence-electron chi connectivity index (χ3n) is 5.52. The standard InChI is InChI=1S/C21H26N4O/c1-3-25-12-9-18-17(5-4-6-20(18)25)14-24-10-7-16(8-11-24)19-13-21(26)23-15(2)22-19/h4-6,9,12-13,16H,3,7-8,10-11,14H2,1-2H3,(H,22,23,26). The largest absolute Gasteiger partial charge is 0.348 e. The Kier molecular flexibility index (Phi) is 4.64. The van der Waals surface area contributed by atoms with Crippen molar-refractivity contribution in [3.05, 3.63) is 64.0 Å². The molecule has 136 valence electrons. The fraction of sp³-hybridized carbons (Fsp3) is 0.429. The molecule has 1 fully saturated rings. The van der Waals surface area contributed by atoms with Crippen LogP contribution in [0.1, 0.15) is 42.8 Å². The predicted octanol–water partition coefficient (Wildman–Crippen LogP) is 3.43. The molecule has 3 aromatic rings. The van der Waals surface area contributed by atoms with Crippen molar-refractivity contribution in [2.75, 3.05) is 13.1 Å². The molecule has 0 radical (unpaired) electrons. The first-order chi connectivity index (χ1) is 12.6. The minimum Gasteiger partial charge on any atom is -0.348 e. The minimum atomic E-state index is -0.0398. The van der Waals surface area contributed by atoms with E-state index in [0.717, 1.165) is 44.7 Å². The SMILES string of the molecule is CCn1ccc2c(CN3CCC(c4cc(=O)[nH]c(C)n4)CC3)cccc21. The number of fused-ring (bicyclic) bond motifs is 1. The van der Waals surface area contributed by atoms with Crippen LogP contribution in [-0.2, 0) is 13.1 Å². The first kappa shape index (κ1) is 17.0. The second-order valence-electron chi connectivity index (χ2n) is 7.26. The van der Waals surface area contributed by atoms with E-state index in [2.05, 4.69) is 56.8 Å². The molecule has 0 unspecified atom stereocenters. The number of H-pyrrole nitrogens is 1. The molecule has 1 N–H and O–H groups in total. The van der Waals surface area contributed by atoms with E-state index in [1.165, 1.54) is 16.5 Å². The van der Waals surface area contributed by atoms with E-state index >= 15 is 0 Å². The highest BCUT2D eigenvalue weighted by Gasteiger charge is 2.22. The van der Waals surface area contributed by atoms with E-state index < -0.39 is 0 Å². The zero-order chi connectivity index (χ0) is 18.1. The summed E-state index contributed by atoms with van der Waals surface area (Å²) >= 11 is 0. The van der Waals surface area contributed by atoms with Crippen LogP contribution in [0.2, 0.25) is 0 Å². The van der Waals surface area contributed by atoms with Crippen molar-refractivity contribution in [2.45, 2.75) is 45.7 Å². The van der Waals surface area contributed by atoms with Crippen LogP contribution in [0.25, 0.3) is 10.9 Å². The molecule has 5 nitrogen and oxygen atoms in total. The maximum absolute atomic E-state index is 11.7. The number of aromatic amines is 1. The molecule has 2 aromatic heterocycles. The quantitative estimate of drug-likeness (QED) is 0.784. The van der Waals surface area contributed by atoms with Crippen molar-refractivity contribution in [3.8, 4) is 0 Å². The molecular weight excluding hydrogens is 324 g/mol. The number of hydrogen-bond acceptors (Lipinski definition) is 3. The summed E-state index contributed by atoms with van der Waals surface area (Å²) in [6.45, 7) is 8.11. The molecular formula is C21H26N4O. The normalized spacial score (nSPS) is 16.4. The smallest absolute Gasteiger partial charge is 0.251 e. The van der Waals surface area contributed by atoms with Crippen molar-refractivity contribution in [1.82, 2.24) is 19.4 Å². The second-order valence-corrected chi connectivity index (χ2v) is 7.26. The third kappa shape index (κ3) is 3.31. The molecule has 1 aromatic carbocycles. The first-order valence-corrected chi connectivity index (χ1v) is 9.51. The highest BCUT2D eigenvalue weighted by Crippen LogP contribution is 2.28. The highest BCUT2D eigenvalue weighted by molar-refractivity contribution is 5.83. The second kappa shape index (κ2) is 7.08. The summed E-state index contributed by atoms with van der Waals surface area (Å²) in [5, 5.41) is 1.36. The maximum Gasteiger partial charge on any atom is 0.251 e. The lowest BCUT2D eigenvalue weighted by atomic mass is 9.93. The molecule has 0 aliphatic carbocycles. The van der Waals surface area contributed by atoms with E-state index in [1.54, 1.807) is 6.07 Å². The van der Waals surface area contributed by atoms with Crippen LogP contribution in [0.4, 0.5) is 0 Å². The first-order valence-electron chi connectivity index (χ1n) is 9.51. The number of nitrogens with one attached hydrogen (secondary N) is 1. The van der Waals surface area contributed by atoms with E-state index in [4.69, 9.17) is 0 Å². The number of likely N-dealkylation sites (tertiary alicyclic amines) is 1. The molecule has 0 spiro atoms. The Morgan fingerprint density at radius 3 is 2.77 bits per heavy atom. The molecule has 3 heterocycles. The summed E-state index contributed by atoms with van der Waals surface area (Å²) < 4.78 is 2.30. The third-order valence-corrected chi connectivity index (χ3v) is 5.52. The lowest BCUT2D eigenvalue weighted by Gasteiger charge is -2.31. The molecule has 5 heteroatoms. The molecule has 1 saturated heterocycles. The average molecular weight is 350 g/mol. The van der Waals surface area contributed by atoms with Gasteiger partial charge in [0.1, 0.15) is 5.82 Å². The number of aryl methyl sites for hydroxylation is 2. The fourth-order valence-corrected chi connectivity index (χ4v) is 4.14. The van der Waals surface area contributed by atoms with Crippen LogP contribution in [-0.4, -0.2) is 32.5 Å². The van der Waals surface area contributed by atoms with Gasteiger partial charge in [-0.05, 0) is 57.5 Å². The highest BCUT2D eigenvalue weighted by atomic mass is 16.1. The van der Waals surface area contributed by atoms with Crippen molar-refractivity contribution >= 4 is 10.9 Å². The van der Waals surface area contributed by atoms with Gasteiger partial charge < -0.3 is 9.55 Å². The number of nitrogens with zero attached hydrogens (tertiary/aromatic N) is 3. The number of rotatable bonds is 4. The zero-order valence-corrected chi connectivity index (χ0v) is 15.5. The molecule has 0 amide bonds. The van der Waals surface area contributed by atoms with Gasteiger partial charge in [-0.15, -0.1) is 0 Å². The van der Waals surface area contributed by atoms with Crippen LogP contribution in [0.5, 0.6) is 0 Å². The summed E-state index contributed by atoms with van der Waals surface area (Å²) in [5.41, 5.74) is 3.64. The Labute approximate surface area is 153 Å². The van der Waals surface area contributed by atoms with Gasteiger partial charge in [0.25, 0.3) is 5.56 Å². The van der Waals surface area contributed by atoms with Crippen molar-refractivity contribution < 1.29 is 0 Å². The molecule has 0 saturated carbocycles. The van der Waals surface area contributed by atoms with Crippen LogP contribution >= 0.6 is 0 Å². The van der Waals surface area contributed by atoms with E-state index in [0.29, 0.717) is 11.7 Å². The van der Waals surface area contributed by atoms with Crippen molar-refractivity contribution in [1.29, 1.82) is 0 Å². The fourth-order valence-electron chi connectivity index (χ4n) is 4.14. The van der Waals surface area contributed by atoms with Gasteiger partial charge in [0.2, 0.25) is 0 Å². The Morgan fingerprint density at radius 2 is 2.04 bits per heavy atom. The maximum atomic E-state index is 11.7. The molecule has 0 atom stereocenters. The Bertz CT molecular complexity index is 964. The monoisotopic (exact) mass is 350 g/mol. The van der Waals surface area contributed by atoms with Gasteiger partial charge in [-0.3, -0.25) is 9.69 Å². The minimum absolute atomic E-state index is 0.0398. The molecule has 1 aliphatic heterocycles. The number of hydrogen-bond donors (Lipinski definition) is 1. The summed E-state index contributed by atoms with van der Waals surface area (Å²) in [4.78, 5) is 21.5. The van der Waals surface area contributed by atoms with Crippen LogP contribution < -0.4 is 5.56 Å². The summed E-state index contributed by atoms with van der Waals surface area (Å²) in [6, 6.07) is 10.5. The Hall–Kier alpha value is -2.40. The number of aromatic nitrogens is 3. The van der Waals surface area contributed by atoms with Gasteiger partial charge in [-0.25, -0.2) is 4.98 Å². The lowest BCUT2D eigenvalue weighted by Crippen LogP contribution is -2.33. The number of benzene rings is 1. The van der Waals surface area contributed by atoms with Crippen molar-refractivity contribution in [2.24, 2.45) is 0 Å². The molecule has 4 rings (SSSR count). The topological polar surface area (TPSA) is 53.9 Å². The van der Waals surface area contributed by atoms with Gasteiger partial charge in [-0.1, -0.05) is 12.1 Å². The summed E-state index contributed by atoms with van der Waals surface area (Å²) in [7, 11) is 0. The van der Waals surface area contributed by atoms with Crippen LogP contribution in [0.3, 0.4) is 0 Å². The lowest BCUT2D eigenvalue weighted by molar-refractivity contribution is 0.204. The van der Waals surface area contributed by atoms with Gasteiger partial charge in [0, 0.05) is 42.2 Å². The summed E-state index contributed by atoms with van der Waals surface area (Å²) in [6.07, 6.45) is 4.30. The molecule has 0 bridgehead atoms. The molecule has 26 heavy (non-hydrogen) atoms. The van der Waals surface area contributed by atoms with E-state index in [1.807, 2.05) is 6.92 Å². The van der Waals surface area contributed by atoms with Gasteiger partial charge in [0.15, 0.2) is 0 Å².